The third-order valence-corrected chi connectivity index (χ3v) is 5.13. The molecule has 104 valence electrons. The van der Waals surface area contributed by atoms with Gasteiger partial charge >= 0.3 is 0 Å². The van der Waals surface area contributed by atoms with Crippen molar-refractivity contribution in [2.45, 2.75) is 58.2 Å². The summed E-state index contributed by atoms with van der Waals surface area (Å²) in [5.74, 6) is 0.240. The van der Waals surface area contributed by atoms with E-state index < -0.39 is 5.54 Å². The van der Waals surface area contributed by atoms with Crippen molar-refractivity contribution in [3.8, 4) is 0 Å². The van der Waals surface area contributed by atoms with Gasteiger partial charge in [0, 0.05) is 31.0 Å². The number of carbonyl (C=O) groups is 1. The maximum atomic E-state index is 12.7. The fourth-order valence-corrected chi connectivity index (χ4v) is 3.54. The molecule has 0 aromatic rings. The first-order valence-corrected chi connectivity index (χ1v) is 6.92. The summed E-state index contributed by atoms with van der Waals surface area (Å²) >= 11 is 0. The first kappa shape index (κ1) is 13.8. The third kappa shape index (κ3) is 1.55. The van der Waals surface area contributed by atoms with Crippen LogP contribution in [-0.4, -0.2) is 42.1 Å². The van der Waals surface area contributed by atoms with Crippen LogP contribution in [0.3, 0.4) is 0 Å². The number of fused-ring (bicyclic) bond motifs is 1. The summed E-state index contributed by atoms with van der Waals surface area (Å²) in [6.07, 6.45) is 2.15. The van der Waals surface area contributed by atoms with Gasteiger partial charge in [0.25, 0.3) is 0 Å². The number of carbonyl (C=O) groups excluding carboxylic acids is 1. The van der Waals surface area contributed by atoms with E-state index >= 15 is 0 Å². The zero-order valence-corrected chi connectivity index (χ0v) is 12.2. The van der Waals surface area contributed by atoms with Crippen molar-refractivity contribution >= 4 is 5.91 Å². The van der Waals surface area contributed by atoms with Crippen molar-refractivity contribution in [2.24, 2.45) is 17.1 Å². The topological polar surface area (TPSA) is 55.6 Å². The SMILES string of the molecule is CC(C)N(C)C(=O)C1(N)C2CCCOC2C1(C)C. The molecule has 0 radical (unpaired) electrons. The Hall–Kier alpha value is -0.610. The van der Waals surface area contributed by atoms with E-state index in [1.54, 1.807) is 4.90 Å². The molecule has 2 N–H and O–H groups in total. The molecule has 1 saturated heterocycles. The van der Waals surface area contributed by atoms with Crippen molar-refractivity contribution in [3.05, 3.63) is 0 Å². The van der Waals surface area contributed by atoms with Gasteiger partial charge in [0.1, 0.15) is 5.54 Å². The summed E-state index contributed by atoms with van der Waals surface area (Å²) in [6.45, 7) is 8.95. The molecule has 0 aromatic carbocycles. The summed E-state index contributed by atoms with van der Waals surface area (Å²) in [5, 5.41) is 0. The minimum Gasteiger partial charge on any atom is -0.377 e. The van der Waals surface area contributed by atoms with Gasteiger partial charge in [-0.2, -0.15) is 0 Å². The maximum Gasteiger partial charge on any atom is 0.243 e. The first-order valence-electron chi connectivity index (χ1n) is 6.92. The molecule has 2 fully saturated rings. The van der Waals surface area contributed by atoms with E-state index in [9.17, 15) is 4.79 Å². The van der Waals surface area contributed by atoms with Crippen molar-refractivity contribution in [2.75, 3.05) is 13.7 Å². The Morgan fingerprint density at radius 3 is 2.61 bits per heavy atom. The molecular formula is C14H26N2O2. The second kappa shape index (κ2) is 4.20. The summed E-state index contributed by atoms with van der Waals surface area (Å²) in [7, 11) is 1.84. The van der Waals surface area contributed by atoms with Crippen molar-refractivity contribution in [1.82, 2.24) is 4.90 Å². The minimum absolute atomic E-state index is 0.0641. The summed E-state index contributed by atoms with van der Waals surface area (Å²) in [6, 6.07) is 0.178. The summed E-state index contributed by atoms with van der Waals surface area (Å²) in [4.78, 5) is 14.5. The number of hydrogen-bond acceptors (Lipinski definition) is 3. The Kier molecular flexibility index (Phi) is 3.23. The van der Waals surface area contributed by atoms with Crippen LogP contribution in [0.1, 0.15) is 40.5 Å². The molecule has 1 heterocycles. The van der Waals surface area contributed by atoms with Crippen molar-refractivity contribution < 1.29 is 9.53 Å². The largest absolute Gasteiger partial charge is 0.377 e. The Bertz CT molecular complexity index is 354. The van der Waals surface area contributed by atoms with Crippen LogP contribution in [0.25, 0.3) is 0 Å². The number of nitrogens with two attached hydrogens (primary N) is 1. The molecular weight excluding hydrogens is 228 g/mol. The van der Waals surface area contributed by atoms with Gasteiger partial charge in [0.2, 0.25) is 5.91 Å². The summed E-state index contributed by atoms with van der Waals surface area (Å²) in [5.41, 5.74) is 5.50. The molecule has 1 amide bonds. The van der Waals surface area contributed by atoms with E-state index in [0.717, 1.165) is 19.4 Å². The molecule has 1 saturated carbocycles. The first-order chi connectivity index (χ1) is 8.24. The number of rotatable bonds is 2. The normalized spacial score (nSPS) is 37.9. The van der Waals surface area contributed by atoms with Crippen molar-refractivity contribution in [1.29, 1.82) is 0 Å². The Labute approximate surface area is 110 Å². The van der Waals surface area contributed by atoms with Crippen LogP contribution in [0.4, 0.5) is 0 Å². The van der Waals surface area contributed by atoms with Gasteiger partial charge in [-0.25, -0.2) is 0 Å². The molecule has 1 aliphatic heterocycles. The highest BCUT2D eigenvalue weighted by Crippen LogP contribution is 2.57. The fourth-order valence-electron chi connectivity index (χ4n) is 3.54. The molecule has 3 unspecified atom stereocenters. The van der Waals surface area contributed by atoms with Gasteiger partial charge in [-0.3, -0.25) is 4.79 Å². The molecule has 0 bridgehead atoms. The van der Waals surface area contributed by atoms with E-state index in [1.165, 1.54) is 0 Å². The van der Waals surface area contributed by atoms with Gasteiger partial charge in [0.05, 0.1) is 6.10 Å². The minimum atomic E-state index is -0.767. The van der Waals surface area contributed by atoms with Crippen LogP contribution < -0.4 is 5.73 Å². The van der Waals surface area contributed by atoms with Crippen LogP contribution in [0.5, 0.6) is 0 Å². The monoisotopic (exact) mass is 254 g/mol. The smallest absolute Gasteiger partial charge is 0.243 e. The number of ether oxygens (including phenoxy) is 1. The lowest BCUT2D eigenvalue weighted by molar-refractivity contribution is -0.230. The molecule has 2 rings (SSSR count). The number of hydrogen-bond donors (Lipinski definition) is 1. The van der Waals surface area contributed by atoms with Crippen LogP contribution in [0.15, 0.2) is 0 Å². The highest BCUT2D eigenvalue weighted by Gasteiger charge is 2.70. The lowest BCUT2D eigenvalue weighted by Gasteiger charge is -2.65. The van der Waals surface area contributed by atoms with E-state index in [1.807, 2.05) is 20.9 Å². The van der Waals surface area contributed by atoms with E-state index in [-0.39, 0.29) is 29.4 Å². The lowest BCUT2D eigenvalue weighted by Crippen LogP contribution is -2.82. The van der Waals surface area contributed by atoms with Crippen molar-refractivity contribution in [3.63, 3.8) is 0 Å². The molecule has 2 aliphatic rings. The Morgan fingerprint density at radius 2 is 2.06 bits per heavy atom. The van der Waals surface area contributed by atoms with Crippen LogP contribution in [-0.2, 0) is 9.53 Å². The second-order valence-corrected chi connectivity index (χ2v) is 6.64. The standard InChI is InChI=1S/C14H26N2O2/c1-9(2)16(5)12(17)14(15)10-7-6-8-18-11(10)13(14,3)4/h9-11H,6-8,15H2,1-5H3. The summed E-state index contributed by atoms with van der Waals surface area (Å²) < 4.78 is 5.83. The second-order valence-electron chi connectivity index (χ2n) is 6.64. The molecule has 4 heteroatoms. The van der Waals surface area contributed by atoms with Gasteiger partial charge in [-0.1, -0.05) is 13.8 Å². The maximum absolute atomic E-state index is 12.7. The van der Waals surface area contributed by atoms with E-state index in [0.29, 0.717) is 0 Å². The molecule has 0 aromatic heterocycles. The Morgan fingerprint density at radius 1 is 1.44 bits per heavy atom. The predicted octanol–water partition coefficient (Wildman–Crippen LogP) is 1.39. The molecule has 18 heavy (non-hydrogen) atoms. The molecule has 1 aliphatic carbocycles. The Balaban J connectivity index is 2.27. The quantitative estimate of drug-likeness (QED) is 0.810. The lowest BCUT2D eigenvalue weighted by atomic mass is 9.46. The van der Waals surface area contributed by atoms with Crippen LogP contribution >= 0.6 is 0 Å². The zero-order valence-electron chi connectivity index (χ0n) is 12.2. The van der Waals surface area contributed by atoms with E-state index in [2.05, 4.69) is 13.8 Å². The zero-order chi connectivity index (χ0) is 13.7. The average molecular weight is 254 g/mol. The highest BCUT2D eigenvalue weighted by molar-refractivity contribution is 5.89. The van der Waals surface area contributed by atoms with Crippen LogP contribution in [0, 0.1) is 11.3 Å². The third-order valence-electron chi connectivity index (χ3n) is 5.13. The molecule has 0 spiro atoms. The highest BCUT2D eigenvalue weighted by atomic mass is 16.5. The number of likely N-dealkylation sites (N-methyl/N-ethyl adjacent to an activating group) is 1. The van der Waals surface area contributed by atoms with Gasteiger partial charge in [-0.05, 0) is 26.7 Å². The molecule has 4 nitrogen and oxygen atoms in total. The average Bonchev–Trinajstić information content (AvgIpc) is 2.35. The molecule has 3 atom stereocenters. The van der Waals surface area contributed by atoms with E-state index in [4.69, 9.17) is 10.5 Å². The van der Waals surface area contributed by atoms with Gasteiger partial charge in [0.15, 0.2) is 0 Å². The number of nitrogens with zero attached hydrogens (tertiary/aromatic N) is 1. The number of amides is 1. The predicted molar refractivity (Wildman–Crippen MR) is 71.1 cm³/mol. The van der Waals surface area contributed by atoms with Gasteiger partial charge < -0.3 is 15.4 Å². The van der Waals surface area contributed by atoms with Crippen LogP contribution in [0.2, 0.25) is 0 Å². The fraction of sp³-hybridized carbons (Fsp3) is 0.929. The van der Waals surface area contributed by atoms with Gasteiger partial charge in [-0.15, -0.1) is 0 Å².